The minimum Gasteiger partial charge on any atom is -0.465 e. The molecule has 39 heavy (non-hydrogen) atoms. The molecule has 0 aromatic carbocycles. The number of aliphatic hydroxyl groups is 1. The maximum absolute atomic E-state index is 14.7. The fraction of sp³-hybridized carbons (Fsp3) is 0.774. The van der Waals surface area contributed by atoms with E-state index in [1.54, 1.807) is 4.90 Å². The fourth-order valence-electron chi connectivity index (χ4n) is 7.51. The van der Waals surface area contributed by atoms with Crippen LogP contribution in [0.25, 0.3) is 0 Å². The molecule has 2 amide bonds. The molecular weight excluding hydrogens is 496 g/mol. The monoisotopic (exact) mass is 544 g/mol. The highest BCUT2D eigenvalue weighted by molar-refractivity contribution is 5.99. The van der Waals surface area contributed by atoms with Crippen molar-refractivity contribution in [1.29, 1.82) is 0 Å². The molecule has 2 fully saturated rings. The number of fused-ring (bicyclic) bond motifs is 2. The summed E-state index contributed by atoms with van der Waals surface area (Å²) in [5.74, 6) is -2.55. The minimum absolute atomic E-state index is 0.0304. The number of rotatable bonds is 6. The van der Waals surface area contributed by atoms with Crippen molar-refractivity contribution in [1.82, 2.24) is 9.80 Å². The largest absolute Gasteiger partial charge is 0.465 e. The van der Waals surface area contributed by atoms with Gasteiger partial charge in [-0.05, 0) is 57.3 Å². The van der Waals surface area contributed by atoms with Gasteiger partial charge in [-0.3, -0.25) is 14.4 Å². The molecule has 0 radical (unpaired) electrons. The van der Waals surface area contributed by atoms with Crippen LogP contribution in [-0.2, 0) is 23.9 Å². The van der Waals surface area contributed by atoms with Gasteiger partial charge >= 0.3 is 5.97 Å². The number of aliphatic hydroxyl groups excluding tert-OH is 1. The highest BCUT2D eigenvalue weighted by atomic mass is 16.6. The molecule has 2 saturated heterocycles. The van der Waals surface area contributed by atoms with E-state index in [1.165, 1.54) is 0 Å². The summed E-state index contributed by atoms with van der Waals surface area (Å²) < 4.78 is 12.4. The van der Waals surface area contributed by atoms with Gasteiger partial charge in [-0.1, -0.05) is 58.9 Å². The predicted molar refractivity (Wildman–Crippen MR) is 149 cm³/mol. The summed E-state index contributed by atoms with van der Waals surface area (Å²) in [5.41, 5.74) is -1.85. The van der Waals surface area contributed by atoms with Crippen LogP contribution in [0.15, 0.2) is 24.3 Å². The zero-order valence-electron chi connectivity index (χ0n) is 24.8. The first-order valence-corrected chi connectivity index (χ1v) is 14.7. The van der Waals surface area contributed by atoms with Crippen molar-refractivity contribution in [3.8, 4) is 0 Å². The van der Waals surface area contributed by atoms with Crippen molar-refractivity contribution in [3.63, 3.8) is 0 Å². The van der Waals surface area contributed by atoms with Gasteiger partial charge in [0.1, 0.15) is 17.6 Å². The Hall–Kier alpha value is -2.19. The van der Waals surface area contributed by atoms with Gasteiger partial charge in [0, 0.05) is 12.1 Å². The first-order chi connectivity index (χ1) is 18.2. The van der Waals surface area contributed by atoms with Gasteiger partial charge in [0.15, 0.2) is 0 Å². The van der Waals surface area contributed by atoms with Crippen molar-refractivity contribution in [2.45, 2.75) is 110 Å². The number of hydrogen-bond donors (Lipinski definition) is 1. The molecule has 4 aliphatic rings. The number of nitrogens with zero attached hydrogens (tertiary/aromatic N) is 2. The van der Waals surface area contributed by atoms with Crippen molar-refractivity contribution >= 4 is 17.8 Å². The topological polar surface area (TPSA) is 96.4 Å². The molecule has 4 aliphatic heterocycles. The molecule has 4 rings (SSSR count). The number of ether oxygens (including phenoxy) is 2. The molecule has 0 aromatic heterocycles. The number of hydrogen-bond acceptors (Lipinski definition) is 6. The van der Waals surface area contributed by atoms with E-state index in [0.29, 0.717) is 19.6 Å². The third-order valence-electron chi connectivity index (χ3n) is 8.58. The molecule has 8 heteroatoms. The number of esters is 1. The Morgan fingerprint density at radius 1 is 1.08 bits per heavy atom. The molecular formula is C31H48N2O6. The van der Waals surface area contributed by atoms with Crippen molar-refractivity contribution in [2.75, 3.05) is 19.8 Å². The molecule has 0 aromatic rings. The SMILES string of the molecule is CC(C)C[C@H](CO)N1C(=O)[C@@H]2[C@H]3C(=O)OCCCC/C=C\[C@H]3O[C@@]23C=CCN(C(C)(C)CC(C)(C)C)C(=O)C13. The van der Waals surface area contributed by atoms with Crippen molar-refractivity contribution < 1.29 is 29.0 Å². The van der Waals surface area contributed by atoms with Crippen LogP contribution in [0.5, 0.6) is 0 Å². The maximum Gasteiger partial charge on any atom is 0.312 e. The standard InChI is InChI=1S/C31H48N2O6/c1-20(2)17-21(18-34)33-25-27(36)32(30(6,7)19-29(3,4)5)15-12-14-31(25)24(26(33)35)23-22(39-31)13-10-8-9-11-16-38-28(23)37/h10,12-14,20-25,34H,8-9,11,15-19H2,1-7H3/b13-10-/t21-,22-,23+,24+,25?,31+/m1/s1. The lowest BCUT2D eigenvalue weighted by Crippen LogP contribution is -2.61. The minimum atomic E-state index is -1.32. The number of carbonyl (C=O) groups excluding carboxylic acids is 3. The molecule has 0 bridgehead atoms. The maximum atomic E-state index is 14.7. The molecule has 6 atom stereocenters. The number of carbonyl (C=O) groups is 3. The van der Waals surface area contributed by atoms with Crippen molar-refractivity contribution in [3.05, 3.63) is 24.3 Å². The van der Waals surface area contributed by atoms with E-state index >= 15 is 0 Å². The van der Waals surface area contributed by atoms with E-state index in [-0.39, 0.29) is 29.8 Å². The predicted octanol–water partition coefficient (Wildman–Crippen LogP) is 3.87. The Balaban J connectivity index is 1.85. The molecule has 0 aliphatic carbocycles. The lowest BCUT2D eigenvalue weighted by atomic mass is 9.77. The van der Waals surface area contributed by atoms with Gasteiger partial charge < -0.3 is 24.4 Å². The van der Waals surface area contributed by atoms with Crippen LogP contribution < -0.4 is 0 Å². The molecule has 1 spiro atoms. The summed E-state index contributed by atoms with van der Waals surface area (Å²) in [4.78, 5) is 46.0. The molecule has 1 N–H and O–H groups in total. The first kappa shape index (κ1) is 29.8. The highest BCUT2D eigenvalue weighted by Gasteiger charge is 2.72. The second-order valence-electron chi connectivity index (χ2n) is 14.0. The summed E-state index contributed by atoms with van der Waals surface area (Å²) in [6.07, 6.45) is 10.8. The lowest BCUT2D eigenvalue weighted by molar-refractivity contribution is -0.158. The molecule has 0 saturated carbocycles. The number of likely N-dealkylation sites (tertiary alicyclic amines) is 1. The average Bonchev–Trinajstić information content (AvgIpc) is 3.20. The third-order valence-corrected chi connectivity index (χ3v) is 8.58. The smallest absolute Gasteiger partial charge is 0.312 e. The Labute approximate surface area is 233 Å². The molecule has 1 unspecified atom stereocenters. The number of amides is 2. The molecule has 4 heterocycles. The van der Waals surface area contributed by atoms with Crippen LogP contribution in [0.4, 0.5) is 0 Å². The van der Waals surface area contributed by atoms with Gasteiger partial charge in [0.05, 0.1) is 31.3 Å². The summed E-state index contributed by atoms with van der Waals surface area (Å²) >= 11 is 0. The van der Waals surface area contributed by atoms with Crippen molar-refractivity contribution in [2.24, 2.45) is 23.2 Å². The fourth-order valence-corrected chi connectivity index (χ4v) is 7.51. The average molecular weight is 545 g/mol. The number of cyclic esters (lactones) is 1. The second kappa shape index (κ2) is 11.0. The van der Waals surface area contributed by atoms with E-state index < -0.39 is 47.1 Å². The van der Waals surface area contributed by atoms with Gasteiger partial charge in [-0.25, -0.2) is 0 Å². The van der Waals surface area contributed by atoms with E-state index in [4.69, 9.17) is 9.47 Å². The highest BCUT2D eigenvalue weighted by Crippen LogP contribution is 2.54. The Morgan fingerprint density at radius 2 is 1.79 bits per heavy atom. The molecule has 218 valence electrons. The van der Waals surface area contributed by atoms with Gasteiger partial charge in [-0.15, -0.1) is 0 Å². The summed E-state index contributed by atoms with van der Waals surface area (Å²) in [5, 5.41) is 10.5. The first-order valence-electron chi connectivity index (χ1n) is 14.7. The van der Waals surface area contributed by atoms with E-state index in [1.807, 2.05) is 43.1 Å². The van der Waals surface area contributed by atoms with Gasteiger partial charge in [0.2, 0.25) is 11.8 Å². The third kappa shape index (κ3) is 5.56. The van der Waals surface area contributed by atoms with Crippen LogP contribution in [0.1, 0.15) is 80.6 Å². The summed E-state index contributed by atoms with van der Waals surface area (Å²) in [6.45, 7) is 15.1. The molecule has 8 nitrogen and oxygen atoms in total. The van der Waals surface area contributed by atoms with Crippen LogP contribution >= 0.6 is 0 Å². The van der Waals surface area contributed by atoms with Crippen LogP contribution in [0.3, 0.4) is 0 Å². The summed E-state index contributed by atoms with van der Waals surface area (Å²) in [7, 11) is 0. The second-order valence-corrected chi connectivity index (χ2v) is 14.0. The zero-order chi connectivity index (χ0) is 28.8. The summed E-state index contributed by atoms with van der Waals surface area (Å²) in [6, 6.07) is -1.55. The zero-order valence-corrected chi connectivity index (χ0v) is 24.8. The van der Waals surface area contributed by atoms with E-state index in [2.05, 4.69) is 34.6 Å². The Kier molecular flexibility index (Phi) is 8.40. The van der Waals surface area contributed by atoms with E-state index in [0.717, 1.165) is 25.7 Å². The lowest BCUT2D eigenvalue weighted by Gasteiger charge is -2.45. The number of allylic oxidation sites excluding steroid dienone is 1. The van der Waals surface area contributed by atoms with Gasteiger partial charge in [0.25, 0.3) is 0 Å². The van der Waals surface area contributed by atoms with Crippen LogP contribution in [0, 0.1) is 23.2 Å². The van der Waals surface area contributed by atoms with Crippen LogP contribution in [0.2, 0.25) is 0 Å². The quantitative estimate of drug-likeness (QED) is 0.403. The normalized spacial score (nSPS) is 33.4. The van der Waals surface area contributed by atoms with E-state index in [9.17, 15) is 19.5 Å². The Morgan fingerprint density at radius 3 is 2.44 bits per heavy atom. The van der Waals surface area contributed by atoms with Gasteiger partial charge in [-0.2, -0.15) is 0 Å². The van der Waals surface area contributed by atoms with Crippen LogP contribution in [-0.4, -0.2) is 81.8 Å². The Bertz CT molecular complexity index is 1010.